The van der Waals surface area contributed by atoms with Crippen LogP contribution < -0.4 is 20.1 Å². The second kappa shape index (κ2) is 9.07. The molecule has 0 radical (unpaired) electrons. The number of ether oxygens (including phenoxy) is 3. The average molecular weight is 393 g/mol. The van der Waals surface area contributed by atoms with Gasteiger partial charge < -0.3 is 24.4 Å². The predicted molar refractivity (Wildman–Crippen MR) is 98.1 cm³/mol. The van der Waals surface area contributed by atoms with Crippen LogP contribution in [-0.4, -0.2) is 49.2 Å². The molecule has 1 aromatic carbocycles. The normalized spacial score (nSPS) is 12.9. The molecule has 10 nitrogen and oxygen atoms in total. The van der Waals surface area contributed by atoms with Crippen LogP contribution >= 0.6 is 0 Å². The molecule has 0 aliphatic carbocycles. The number of hydrogen-bond donors (Lipinski definition) is 2. The molecule has 10 heteroatoms. The van der Waals surface area contributed by atoms with E-state index in [9.17, 15) is 14.4 Å². The average Bonchev–Trinajstić information content (AvgIpc) is 3.05. The largest absolute Gasteiger partial charge is 0.454 e. The molecule has 0 aromatic heterocycles. The summed E-state index contributed by atoms with van der Waals surface area (Å²) in [7, 11) is 0. The molecule has 1 aliphatic heterocycles. The number of carbonyl (C=O) groups excluding carboxylic acids is 3. The summed E-state index contributed by atoms with van der Waals surface area (Å²) in [6, 6.07) is 4.60. The van der Waals surface area contributed by atoms with Gasteiger partial charge in [-0.2, -0.15) is 0 Å². The van der Waals surface area contributed by atoms with E-state index in [1.54, 1.807) is 45.9 Å². The maximum Gasteiger partial charge on any atom is 0.347 e. The molecule has 3 amide bonds. The summed E-state index contributed by atoms with van der Waals surface area (Å²) in [6.45, 7) is 6.07. The third-order valence-electron chi connectivity index (χ3n) is 3.28. The number of fused-ring (bicyclic) bond motifs is 1. The Labute approximate surface area is 162 Å². The minimum Gasteiger partial charge on any atom is -0.454 e. The van der Waals surface area contributed by atoms with Gasteiger partial charge in [0.05, 0.1) is 5.71 Å². The Kier molecular flexibility index (Phi) is 6.80. The van der Waals surface area contributed by atoms with E-state index in [0.29, 0.717) is 17.2 Å². The van der Waals surface area contributed by atoms with Crippen molar-refractivity contribution in [3.63, 3.8) is 0 Å². The fraction of sp³-hybridized carbons (Fsp3) is 0.444. The van der Waals surface area contributed by atoms with Gasteiger partial charge in [-0.05, 0) is 45.9 Å². The van der Waals surface area contributed by atoms with Crippen molar-refractivity contribution in [2.24, 2.45) is 5.16 Å². The number of amides is 3. The van der Waals surface area contributed by atoms with Crippen LogP contribution in [-0.2, 0) is 19.2 Å². The number of rotatable bonds is 6. The Morgan fingerprint density at radius 1 is 1.14 bits per heavy atom. The fourth-order valence-electron chi connectivity index (χ4n) is 2.08. The summed E-state index contributed by atoms with van der Waals surface area (Å²) in [5.74, 6) is -0.299. The van der Waals surface area contributed by atoms with Gasteiger partial charge in [-0.1, -0.05) is 5.16 Å². The van der Waals surface area contributed by atoms with Crippen LogP contribution in [0.2, 0.25) is 0 Å². The molecule has 0 spiro atoms. The van der Waals surface area contributed by atoms with Crippen molar-refractivity contribution in [3.05, 3.63) is 23.8 Å². The van der Waals surface area contributed by atoms with Gasteiger partial charge in [-0.15, -0.1) is 0 Å². The third-order valence-corrected chi connectivity index (χ3v) is 3.28. The molecule has 0 fully saturated rings. The van der Waals surface area contributed by atoms with Crippen molar-refractivity contribution in [2.45, 2.75) is 33.2 Å². The minimum absolute atomic E-state index is 0.169. The first-order chi connectivity index (χ1) is 13.1. The van der Waals surface area contributed by atoms with Crippen molar-refractivity contribution >= 4 is 23.6 Å². The highest BCUT2D eigenvalue weighted by molar-refractivity contribution is 5.99. The topological polar surface area (TPSA) is 125 Å². The highest BCUT2D eigenvalue weighted by atomic mass is 16.7. The summed E-state index contributed by atoms with van der Waals surface area (Å²) in [5, 5.41) is 8.43. The number of imide groups is 1. The van der Waals surface area contributed by atoms with Crippen molar-refractivity contribution in [3.8, 4) is 11.5 Å². The lowest BCUT2D eigenvalue weighted by Gasteiger charge is -2.20. The molecule has 0 saturated heterocycles. The molecule has 0 atom stereocenters. The van der Waals surface area contributed by atoms with Crippen LogP contribution in [0.3, 0.4) is 0 Å². The molecule has 0 bridgehead atoms. The number of esters is 1. The second-order valence-corrected chi connectivity index (χ2v) is 6.93. The highest BCUT2D eigenvalue weighted by Crippen LogP contribution is 2.32. The number of nitrogens with one attached hydrogen (secondary N) is 2. The first-order valence-corrected chi connectivity index (χ1v) is 8.48. The molecule has 1 aliphatic rings. The van der Waals surface area contributed by atoms with Gasteiger partial charge in [0.1, 0.15) is 0 Å². The molecule has 0 unspecified atom stereocenters. The van der Waals surface area contributed by atoms with Crippen LogP contribution in [0.5, 0.6) is 11.5 Å². The number of urea groups is 1. The molecule has 2 rings (SSSR count). The lowest BCUT2D eigenvalue weighted by molar-refractivity contribution is -0.152. The lowest BCUT2D eigenvalue weighted by Crippen LogP contribution is -2.49. The van der Waals surface area contributed by atoms with Gasteiger partial charge in [-0.25, -0.2) is 9.59 Å². The van der Waals surface area contributed by atoms with Gasteiger partial charge >= 0.3 is 12.0 Å². The van der Waals surface area contributed by atoms with Gasteiger partial charge in [-0.3, -0.25) is 10.1 Å². The number of nitrogens with zero attached hydrogens (tertiary/aromatic N) is 1. The fourth-order valence-corrected chi connectivity index (χ4v) is 2.08. The summed E-state index contributed by atoms with van der Waals surface area (Å²) in [5.41, 5.74) is 0.757. The molecule has 28 heavy (non-hydrogen) atoms. The summed E-state index contributed by atoms with van der Waals surface area (Å²) in [4.78, 5) is 39.6. The Morgan fingerprint density at radius 3 is 2.57 bits per heavy atom. The number of carbonyl (C=O) groups is 3. The van der Waals surface area contributed by atoms with Crippen molar-refractivity contribution in [1.29, 1.82) is 0 Å². The standard InChI is InChI=1S/C18H23N3O7/c1-11(12-5-6-13-14(7-12)27-10-26-13)21-28-9-16(23)25-8-15(22)19-17(24)20-18(2,3)4/h5-7H,8-10H2,1-4H3,(H2,19,20,22,24)/b21-11-. The van der Waals surface area contributed by atoms with E-state index in [0.717, 1.165) is 5.56 Å². The SMILES string of the molecule is C/C(=N/OCC(=O)OCC(=O)NC(=O)NC(C)(C)C)c1ccc2c(c1)OCO2. The first-order valence-electron chi connectivity index (χ1n) is 8.48. The number of hydrogen-bond acceptors (Lipinski definition) is 8. The van der Waals surface area contributed by atoms with E-state index in [1.165, 1.54) is 0 Å². The van der Waals surface area contributed by atoms with Crippen LogP contribution in [0.25, 0.3) is 0 Å². The zero-order valence-corrected chi connectivity index (χ0v) is 16.2. The zero-order valence-electron chi connectivity index (χ0n) is 16.2. The maximum absolute atomic E-state index is 11.6. The molecule has 2 N–H and O–H groups in total. The first kappa shape index (κ1) is 21.0. The monoisotopic (exact) mass is 393 g/mol. The van der Waals surface area contributed by atoms with Crippen LogP contribution in [0, 0.1) is 0 Å². The molecule has 0 saturated carbocycles. The molecule has 152 valence electrons. The molecule has 1 heterocycles. The van der Waals surface area contributed by atoms with Crippen LogP contribution in [0.15, 0.2) is 23.4 Å². The van der Waals surface area contributed by atoms with E-state index < -0.39 is 36.7 Å². The van der Waals surface area contributed by atoms with Gasteiger partial charge in [0.2, 0.25) is 13.4 Å². The smallest absolute Gasteiger partial charge is 0.347 e. The van der Waals surface area contributed by atoms with Gasteiger partial charge in [0.25, 0.3) is 5.91 Å². The van der Waals surface area contributed by atoms with E-state index in [1.807, 2.05) is 0 Å². The summed E-state index contributed by atoms with van der Waals surface area (Å²) >= 11 is 0. The Bertz CT molecular complexity index is 784. The van der Waals surface area contributed by atoms with Crippen LogP contribution in [0.4, 0.5) is 4.79 Å². The van der Waals surface area contributed by atoms with Crippen molar-refractivity contribution in [1.82, 2.24) is 10.6 Å². The lowest BCUT2D eigenvalue weighted by atomic mass is 10.1. The van der Waals surface area contributed by atoms with Crippen LogP contribution in [0.1, 0.15) is 33.3 Å². The molecular formula is C18H23N3O7. The summed E-state index contributed by atoms with van der Waals surface area (Å²) in [6.07, 6.45) is 0. The van der Waals surface area contributed by atoms with E-state index in [2.05, 4.69) is 15.8 Å². The van der Waals surface area contributed by atoms with Crippen molar-refractivity contribution < 1.29 is 33.4 Å². The number of oxime groups is 1. The maximum atomic E-state index is 11.6. The molecule has 1 aromatic rings. The second-order valence-electron chi connectivity index (χ2n) is 6.93. The van der Waals surface area contributed by atoms with Gasteiger partial charge in [0.15, 0.2) is 18.1 Å². The van der Waals surface area contributed by atoms with E-state index in [-0.39, 0.29) is 6.79 Å². The minimum atomic E-state index is -0.798. The van der Waals surface area contributed by atoms with E-state index in [4.69, 9.17) is 19.0 Å². The zero-order chi connectivity index (χ0) is 20.7. The van der Waals surface area contributed by atoms with Gasteiger partial charge in [0, 0.05) is 11.1 Å². The Morgan fingerprint density at radius 2 is 1.86 bits per heavy atom. The Balaban J connectivity index is 1.71. The summed E-state index contributed by atoms with van der Waals surface area (Å²) < 4.78 is 15.2. The van der Waals surface area contributed by atoms with E-state index >= 15 is 0 Å². The third kappa shape index (κ3) is 6.78. The highest BCUT2D eigenvalue weighted by Gasteiger charge is 2.17. The van der Waals surface area contributed by atoms with Crippen molar-refractivity contribution in [2.75, 3.05) is 20.0 Å². The number of benzene rings is 1. The predicted octanol–water partition coefficient (Wildman–Crippen LogP) is 1.32. The molecular weight excluding hydrogens is 370 g/mol. The Hall–Kier alpha value is -3.30. The quantitative estimate of drug-likeness (QED) is 0.424.